The van der Waals surface area contributed by atoms with Gasteiger partial charge in [0.15, 0.2) is 0 Å². The molecule has 3 aromatic carbocycles. The van der Waals surface area contributed by atoms with Crippen molar-refractivity contribution in [1.29, 1.82) is 0 Å². The molecule has 3 aromatic rings. The minimum absolute atomic E-state index is 0.0150. The van der Waals surface area contributed by atoms with Crippen LogP contribution in [0.5, 0.6) is 5.75 Å². The van der Waals surface area contributed by atoms with Gasteiger partial charge in [-0.15, -0.1) is 0 Å². The summed E-state index contributed by atoms with van der Waals surface area (Å²) in [6.45, 7) is -0.410. The first-order valence-corrected chi connectivity index (χ1v) is 11.5. The number of rotatable bonds is 8. The molecule has 1 amide bonds. The fraction of sp³-hybridized carbons (Fsp3) is 0.0909. The van der Waals surface area contributed by atoms with Gasteiger partial charge < -0.3 is 5.11 Å². The van der Waals surface area contributed by atoms with Crippen LogP contribution in [-0.4, -0.2) is 36.5 Å². The van der Waals surface area contributed by atoms with Crippen LogP contribution in [0.2, 0.25) is 0 Å². The van der Waals surface area contributed by atoms with Crippen molar-refractivity contribution in [3.05, 3.63) is 94.5 Å². The van der Waals surface area contributed by atoms with Gasteiger partial charge in [0.2, 0.25) is 10.0 Å². The van der Waals surface area contributed by atoms with Crippen molar-refractivity contribution in [1.82, 2.24) is 9.73 Å². The van der Waals surface area contributed by atoms with E-state index in [9.17, 15) is 18.3 Å². The number of halogens is 1. The predicted octanol–water partition coefficient (Wildman–Crippen LogP) is 3.50. The zero-order valence-electron chi connectivity index (χ0n) is 16.3. The van der Waals surface area contributed by atoms with E-state index in [-0.39, 0.29) is 17.2 Å². The van der Waals surface area contributed by atoms with E-state index in [0.29, 0.717) is 5.56 Å². The largest absolute Gasteiger partial charge is 0.507 e. The average Bonchev–Trinajstić information content (AvgIpc) is 2.77. The Morgan fingerprint density at radius 1 is 1.00 bits per heavy atom. The molecule has 0 aliphatic heterocycles. The Balaban J connectivity index is 1.78. The van der Waals surface area contributed by atoms with Crippen LogP contribution in [0, 0.1) is 0 Å². The number of nitrogens with one attached hydrogen (secondary N) is 1. The van der Waals surface area contributed by atoms with Crippen molar-refractivity contribution < 1.29 is 18.3 Å². The summed E-state index contributed by atoms with van der Waals surface area (Å²) in [7, 11) is -3.92. The smallest absolute Gasteiger partial charge is 0.255 e. The van der Waals surface area contributed by atoms with Crippen LogP contribution in [0.15, 0.2) is 93.3 Å². The van der Waals surface area contributed by atoms with Crippen molar-refractivity contribution in [2.75, 3.05) is 6.54 Å². The predicted molar refractivity (Wildman–Crippen MR) is 122 cm³/mol. The summed E-state index contributed by atoms with van der Waals surface area (Å²) in [5.41, 5.74) is 3.47. The number of hydrazone groups is 1. The molecule has 31 heavy (non-hydrogen) atoms. The molecule has 0 aromatic heterocycles. The van der Waals surface area contributed by atoms with Gasteiger partial charge >= 0.3 is 0 Å². The van der Waals surface area contributed by atoms with Crippen LogP contribution >= 0.6 is 15.9 Å². The third-order valence-electron chi connectivity index (χ3n) is 4.30. The second kappa shape index (κ2) is 10.3. The maximum atomic E-state index is 13.1. The van der Waals surface area contributed by atoms with E-state index in [4.69, 9.17) is 0 Å². The highest BCUT2D eigenvalue weighted by Gasteiger charge is 2.26. The summed E-state index contributed by atoms with van der Waals surface area (Å²) < 4.78 is 28.2. The number of carbonyl (C=O) groups excluding carboxylic acids is 1. The van der Waals surface area contributed by atoms with E-state index in [0.717, 1.165) is 14.3 Å². The number of sulfonamides is 1. The lowest BCUT2D eigenvalue weighted by Crippen LogP contribution is -2.39. The van der Waals surface area contributed by atoms with Crippen LogP contribution in [0.1, 0.15) is 11.1 Å². The SMILES string of the molecule is O=C(CN(Cc1ccc(Br)cc1)S(=O)(=O)c1ccccc1)N/N=C\c1ccccc1O. The summed E-state index contributed by atoms with van der Waals surface area (Å²) >= 11 is 3.35. The molecule has 0 bridgehead atoms. The first kappa shape index (κ1) is 22.7. The monoisotopic (exact) mass is 501 g/mol. The van der Waals surface area contributed by atoms with Gasteiger partial charge in [0.25, 0.3) is 5.91 Å². The maximum Gasteiger partial charge on any atom is 0.255 e. The molecular weight excluding hydrogens is 482 g/mol. The molecule has 0 heterocycles. The second-order valence-corrected chi connectivity index (χ2v) is 9.42. The fourth-order valence-corrected chi connectivity index (χ4v) is 4.40. The Labute approximate surface area is 189 Å². The van der Waals surface area contributed by atoms with E-state index in [1.54, 1.807) is 60.7 Å². The Morgan fingerprint density at radius 3 is 2.32 bits per heavy atom. The number of phenolic OH excluding ortho intramolecular Hbond substituents is 1. The number of para-hydroxylation sites is 1. The van der Waals surface area contributed by atoms with Gasteiger partial charge in [-0.3, -0.25) is 4.79 Å². The van der Waals surface area contributed by atoms with Crippen molar-refractivity contribution >= 4 is 38.1 Å². The lowest BCUT2D eigenvalue weighted by Gasteiger charge is -2.21. The van der Waals surface area contributed by atoms with Gasteiger partial charge in [-0.05, 0) is 42.0 Å². The van der Waals surface area contributed by atoms with Crippen LogP contribution in [0.3, 0.4) is 0 Å². The topological polar surface area (TPSA) is 99.1 Å². The average molecular weight is 502 g/mol. The van der Waals surface area contributed by atoms with E-state index in [2.05, 4.69) is 26.5 Å². The number of aromatic hydroxyl groups is 1. The van der Waals surface area contributed by atoms with Gasteiger partial charge in [-0.25, -0.2) is 13.8 Å². The molecule has 0 unspecified atom stereocenters. The molecule has 0 atom stereocenters. The Morgan fingerprint density at radius 2 is 1.65 bits per heavy atom. The molecule has 7 nitrogen and oxygen atoms in total. The molecule has 9 heteroatoms. The molecular formula is C22H20BrN3O4S. The summed E-state index contributed by atoms with van der Waals surface area (Å²) in [6, 6.07) is 21.6. The van der Waals surface area contributed by atoms with Crippen molar-refractivity contribution in [2.45, 2.75) is 11.4 Å². The number of phenols is 1. The maximum absolute atomic E-state index is 13.1. The second-order valence-electron chi connectivity index (χ2n) is 6.56. The Hall–Kier alpha value is -3.01. The summed E-state index contributed by atoms with van der Waals surface area (Å²) in [4.78, 5) is 12.5. The first-order valence-electron chi connectivity index (χ1n) is 9.26. The highest BCUT2D eigenvalue weighted by atomic mass is 79.9. The third kappa shape index (κ3) is 6.24. The standard InChI is InChI=1S/C22H20BrN3O4S/c23-19-12-10-17(11-13-19)15-26(31(29,30)20-7-2-1-3-8-20)16-22(28)25-24-14-18-6-4-5-9-21(18)27/h1-14,27H,15-16H2,(H,25,28)/b24-14-. The molecule has 0 saturated carbocycles. The Bertz CT molecular complexity index is 1170. The Kier molecular flexibility index (Phi) is 7.56. The number of hydrogen-bond acceptors (Lipinski definition) is 5. The quantitative estimate of drug-likeness (QED) is 0.364. The van der Waals surface area contributed by atoms with E-state index >= 15 is 0 Å². The molecule has 160 valence electrons. The van der Waals surface area contributed by atoms with Crippen molar-refractivity contribution in [3.8, 4) is 5.75 Å². The fourth-order valence-electron chi connectivity index (χ4n) is 2.73. The van der Waals surface area contributed by atoms with Gasteiger partial charge in [-0.1, -0.05) is 58.4 Å². The molecule has 0 radical (unpaired) electrons. The minimum Gasteiger partial charge on any atom is -0.507 e. The number of hydrogen-bond donors (Lipinski definition) is 2. The van der Waals surface area contributed by atoms with Crippen LogP contribution in [0.25, 0.3) is 0 Å². The van der Waals surface area contributed by atoms with Crippen LogP contribution in [-0.2, 0) is 21.4 Å². The van der Waals surface area contributed by atoms with Crippen molar-refractivity contribution in [2.24, 2.45) is 5.10 Å². The molecule has 0 aliphatic rings. The van der Waals surface area contributed by atoms with E-state index in [1.165, 1.54) is 24.4 Å². The third-order valence-corrected chi connectivity index (χ3v) is 6.64. The van der Waals surface area contributed by atoms with Gasteiger partial charge in [0.1, 0.15) is 5.75 Å². The summed E-state index contributed by atoms with van der Waals surface area (Å²) in [6.07, 6.45) is 1.29. The van der Waals surface area contributed by atoms with Gasteiger partial charge in [-0.2, -0.15) is 9.41 Å². The number of nitrogens with zero attached hydrogens (tertiary/aromatic N) is 2. The van der Waals surface area contributed by atoms with Crippen molar-refractivity contribution in [3.63, 3.8) is 0 Å². The van der Waals surface area contributed by atoms with Crippen LogP contribution in [0.4, 0.5) is 0 Å². The highest BCUT2D eigenvalue weighted by molar-refractivity contribution is 9.10. The normalized spacial score (nSPS) is 11.7. The summed E-state index contributed by atoms with van der Waals surface area (Å²) in [5, 5.41) is 13.6. The summed E-state index contributed by atoms with van der Waals surface area (Å²) in [5.74, 6) is -0.590. The lowest BCUT2D eigenvalue weighted by atomic mass is 10.2. The zero-order valence-corrected chi connectivity index (χ0v) is 18.8. The molecule has 2 N–H and O–H groups in total. The lowest BCUT2D eigenvalue weighted by molar-refractivity contribution is -0.121. The first-order chi connectivity index (χ1) is 14.9. The zero-order chi connectivity index (χ0) is 22.3. The minimum atomic E-state index is -3.92. The molecule has 0 spiro atoms. The van der Waals surface area contributed by atoms with Gasteiger partial charge in [0, 0.05) is 16.6 Å². The highest BCUT2D eigenvalue weighted by Crippen LogP contribution is 2.19. The van der Waals surface area contributed by atoms with Crippen LogP contribution < -0.4 is 5.43 Å². The molecule has 0 aliphatic carbocycles. The number of benzene rings is 3. The van der Waals surface area contributed by atoms with E-state index < -0.39 is 22.5 Å². The number of amides is 1. The van der Waals surface area contributed by atoms with Gasteiger partial charge in [0.05, 0.1) is 17.7 Å². The molecule has 3 rings (SSSR count). The number of carbonyl (C=O) groups is 1. The molecule has 0 saturated heterocycles. The van der Waals surface area contributed by atoms with E-state index in [1.807, 2.05) is 0 Å². The molecule has 0 fully saturated rings.